The van der Waals surface area contributed by atoms with E-state index in [0.29, 0.717) is 11.4 Å². The first-order valence-electron chi connectivity index (χ1n) is 18.5. The number of hydrogen-bond acceptors (Lipinski definition) is 4. The first kappa shape index (κ1) is 32.2. The molecule has 10 rings (SSSR count). The molecular formula is C51H34N4. The first-order valence-corrected chi connectivity index (χ1v) is 18.5. The molecule has 4 nitrogen and oxygen atoms in total. The minimum atomic E-state index is 0.351. The molecule has 9 aromatic rings. The Morgan fingerprint density at radius 1 is 0.473 bits per heavy atom. The Bertz CT molecular complexity index is 3020. The van der Waals surface area contributed by atoms with E-state index in [9.17, 15) is 0 Å². The zero-order chi connectivity index (χ0) is 36.7. The molecule has 1 aliphatic carbocycles. The molecule has 1 aliphatic rings. The third-order valence-corrected chi connectivity index (χ3v) is 10.6. The number of benzene rings is 8. The summed E-state index contributed by atoms with van der Waals surface area (Å²) < 4.78 is 0. The molecule has 0 radical (unpaired) electrons. The van der Waals surface area contributed by atoms with Crippen LogP contribution >= 0.6 is 0 Å². The normalized spacial score (nSPS) is 13.6. The molecule has 1 heterocycles. The Labute approximate surface area is 319 Å². The Morgan fingerprint density at radius 2 is 1.09 bits per heavy atom. The Morgan fingerprint density at radius 3 is 1.84 bits per heavy atom. The third kappa shape index (κ3) is 5.87. The summed E-state index contributed by atoms with van der Waals surface area (Å²) in [4.78, 5) is 4.61. The molecule has 258 valence electrons. The minimum Gasteiger partial charge on any atom is -0.299 e. The average molecular weight is 703 g/mol. The van der Waals surface area contributed by atoms with Crippen LogP contribution in [0.1, 0.15) is 5.56 Å². The first-order chi connectivity index (χ1) is 27.2. The van der Waals surface area contributed by atoms with Gasteiger partial charge in [0, 0.05) is 17.1 Å². The molecule has 0 amide bonds. The number of para-hydroxylation sites is 1. The van der Waals surface area contributed by atoms with E-state index in [1.807, 2.05) is 54.8 Å². The molecular weight excluding hydrogens is 669 g/mol. The quantitative estimate of drug-likeness (QED) is 0.103. The van der Waals surface area contributed by atoms with E-state index in [-0.39, 0.29) is 0 Å². The van der Waals surface area contributed by atoms with E-state index in [1.165, 1.54) is 49.0 Å². The highest BCUT2D eigenvalue weighted by molar-refractivity contribution is 6.51. The van der Waals surface area contributed by atoms with Crippen LogP contribution in [-0.4, -0.2) is 16.4 Å². The van der Waals surface area contributed by atoms with Gasteiger partial charge in [-0.05, 0) is 114 Å². The second-order valence-electron chi connectivity index (χ2n) is 13.9. The molecule has 0 saturated heterocycles. The fourth-order valence-corrected chi connectivity index (χ4v) is 7.93. The molecule has 2 N–H and O–H groups in total. The number of aromatic nitrogens is 1. The van der Waals surface area contributed by atoms with E-state index >= 15 is 0 Å². The predicted molar refractivity (Wildman–Crippen MR) is 233 cm³/mol. The summed E-state index contributed by atoms with van der Waals surface area (Å²) in [6, 6.07) is 59.9. The van der Waals surface area contributed by atoms with Gasteiger partial charge in [0.2, 0.25) is 0 Å². The van der Waals surface area contributed by atoms with Gasteiger partial charge in [-0.2, -0.15) is 5.10 Å². The predicted octanol–water partition coefficient (Wildman–Crippen LogP) is 13.1. The van der Waals surface area contributed by atoms with Crippen LogP contribution in [0, 0.1) is 5.41 Å². The Hall–Kier alpha value is -7.43. The fourth-order valence-electron chi connectivity index (χ4n) is 7.93. The fraction of sp³-hybridized carbons (Fsp3) is 0. The maximum atomic E-state index is 8.89. The van der Waals surface area contributed by atoms with Gasteiger partial charge in [0.05, 0.1) is 16.9 Å². The van der Waals surface area contributed by atoms with Crippen molar-refractivity contribution in [1.29, 1.82) is 5.41 Å². The van der Waals surface area contributed by atoms with Gasteiger partial charge >= 0.3 is 0 Å². The van der Waals surface area contributed by atoms with Gasteiger partial charge in [0.1, 0.15) is 5.71 Å². The van der Waals surface area contributed by atoms with Gasteiger partial charge in [-0.1, -0.05) is 146 Å². The highest BCUT2D eigenvalue weighted by Gasteiger charge is 2.19. The number of hydrazone groups is 1. The Kier molecular flexibility index (Phi) is 7.93. The van der Waals surface area contributed by atoms with Gasteiger partial charge in [-0.3, -0.25) is 15.8 Å². The molecule has 0 saturated carbocycles. The van der Waals surface area contributed by atoms with E-state index in [0.717, 1.165) is 44.4 Å². The van der Waals surface area contributed by atoms with Crippen LogP contribution in [0.25, 0.3) is 82.2 Å². The van der Waals surface area contributed by atoms with Crippen molar-refractivity contribution in [3.8, 4) is 33.4 Å². The van der Waals surface area contributed by atoms with Crippen LogP contribution in [0.15, 0.2) is 199 Å². The molecule has 8 aromatic carbocycles. The van der Waals surface area contributed by atoms with Crippen molar-refractivity contribution in [3.05, 3.63) is 200 Å². The summed E-state index contributed by atoms with van der Waals surface area (Å²) in [5.41, 5.74) is 14.9. The van der Waals surface area contributed by atoms with Crippen LogP contribution in [0.3, 0.4) is 0 Å². The topological polar surface area (TPSA) is 61.1 Å². The smallest absolute Gasteiger partial charge is 0.108 e. The van der Waals surface area contributed by atoms with Gasteiger partial charge in [0.25, 0.3) is 0 Å². The molecule has 4 heteroatoms. The summed E-state index contributed by atoms with van der Waals surface area (Å²) >= 11 is 0. The SMILES string of the molecule is N=C1C=C(c2cccc(-c3c4ccccc4c(-c4cccc5ccccc45)c4ccccc34)c2)C=C/C1=N/Nc1ccc(-c2cnc3ccccc3c2)cc1. The van der Waals surface area contributed by atoms with Crippen LogP contribution in [0.4, 0.5) is 5.69 Å². The van der Waals surface area contributed by atoms with Gasteiger partial charge < -0.3 is 0 Å². The highest BCUT2D eigenvalue weighted by Crippen LogP contribution is 2.45. The summed E-state index contributed by atoms with van der Waals surface area (Å²) in [5.74, 6) is 0. The number of anilines is 1. The largest absolute Gasteiger partial charge is 0.299 e. The molecule has 0 unspecified atom stereocenters. The van der Waals surface area contributed by atoms with E-state index in [1.54, 1.807) is 0 Å². The molecule has 0 spiro atoms. The van der Waals surface area contributed by atoms with Crippen LogP contribution < -0.4 is 5.43 Å². The maximum Gasteiger partial charge on any atom is 0.108 e. The summed E-state index contributed by atoms with van der Waals surface area (Å²) in [6.45, 7) is 0. The summed E-state index contributed by atoms with van der Waals surface area (Å²) in [5, 5.41) is 22.0. The number of fused-ring (bicyclic) bond motifs is 4. The number of hydrogen-bond donors (Lipinski definition) is 2. The van der Waals surface area contributed by atoms with Crippen LogP contribution in [0.5, 0.6) is 0 Å². The van der Waals surface area contributed by atoms with Crippen molar-refractivity contribution in [2.24, 2.45) is 5.10 Å². The number of pyridine rings is 1. The van der Waals surface area contributed by atoms with Crippen LogP contribution in [-0.2, 0) is 0 Å². The standard InChI is InChI=1S/C51H34N4/c52-47-31-36(25-28-49(47)55-54-40-26-23-33(24-27-40)39-30-37-12-2-8-22-48(37)53-32-39)35-14-9-15-38(29-35)50-43-17-4-6-19-45(43)51(46-20-7-5-18-44(46)50)42-21-10-13-34-11-1-3-16-41(34)42/h1-32,52,54H/b52-47?,55-49-. The van der Waals surface area contributed by atoms with Crippen molar-refractivity contribution in [2.45, 2.75) is 0 Å². The van der Waals surface area contributed by atoms with E-state index in [2.05, 4.69) is 155 Å². The minimum absolute atomic E-state index is 0.351. The zero-order valence-corrected chi connectivity index (χ0v) is 29.9. The van der Waals surface area contributed by atoms with Crippen LogP contribution in [0.2, 0.25) is 0 Å². The zero-order valence-electron chi connectivity index (χ0n) is 29.9. The lowest BCUT2D eigenvalue weighted by Gasteiger charge is -2.19. The molecule has 0 aliphatic heterocycles. The monoisotopic (exact) mass is 702 g/mol. The number of allylic oxidation sites excluding steroid dienone is 4. The molecule has 0 fully saturated rings. The molecule has 0 atom stereocenters. The van der Waals surface area contributed by atoms with Crippen molar-refractivity contribution < 1.29 is 0 Å². The lowest BCUT2D eigenvalue weighted by Crippen LogP contribution is -2.13. The maximum absolute atomic E-state index is 8.89. The molecule has 1 aromatic heterocycles. The highest BCUT2D eigenvalue weighted by atomic mass is 15.3. The lowest BCUT2D eigenvalue weighted by atomic mass is 9.84. The summed E-state index contributed by atoms with van der Waals surface area (Å²) in [6.07, 6.45) is 7.77. The number of nitrogens with zero attached hydrogens (tertiary/aromatic N) is 2. The van der Waals surface area contributed by atoms with Crippen molar-refractivity contribution in [1.82, 2.24) is 4.98 Å². The number of rotatable bonds is 6. The van der Waals surface area contributed by atoms with E-state index < -0.39 is 0 Å². The second-order valence-corrected chi connectivity index (χ2v) is 13.9. The van der Waals surface area contributed by atoms with Gasteiger partial charge in [-0.25, -0.2) is 0 Å². The lowest BCUT2D eigenvalue weighted by molar-refractivity contribution is 1.34. The molecule has 55 heavy (non-hydrogen) atoms. The third-order valence-electron chi connectivity index (χ3n) is 10.6. The van der Waals surface area contributed by atoms with Crippen molar-refractivity contribution in [3.63, 3.8) is 0 Å². The summed E-state index contributed by atoms with van der Waals surface area (Å²) in [7, 11) is 0. The second kappa shape index (κ2) is 13.5. The Balaban J connectivity index is 0.957. The van der Waals surface area contributed by atoms with Gasteiger partial charge in [0.15, 0.2) is 0 Å². The average Bonchev–Trinajstić information content (AvgIpc) is 3.25. The van der Waals surface area contributed by atoms with Crippen molar-refractivity contribution >= 4 is 65.9 Å². The van der Waals surface area contributed by atoms with E-state index in [4.69, 9.17) is 5.41 Å². The van der Waals surface area contributed by atoms with Gasteiger partial charge in [-0.15, -0.1) is 0 Å². The van der Waals surface area contributed by atoms with Crippen molar-refractivity contribution in [2.75, 3.05) is 5.43 Å². The number of nitrogens with one attached hydrogen (secondary N) is 2. The molecule has 0 bridgehead atoms.